The lowest BCUT2D eigenvalue weighted by molar-refractivity contribution is 0.411. The topological polar surface area (TPSA) is 89.7 Å². The van der Waals surface area contributed by atoms with E-state index in [9.17, 15) is 4.39 Å². The van der Waals surface area contributed by atoms with Crippen molar-refractivity contribution in [3.05, 3.63) is 65.2 Å². The van der Waals surface area contributed by atoms with E-state index < -0.39 is 5.82 Å². The van der Waals surface area contributed by atoms with Crippen LogP contribution in [-0.4, -0.2) is 27.3 Å². The van der Waals surface area contributed by atoms with E-state index in [2.05, 4.69) is 32.3 Å². The molecule has 4 aromatic rings. The van der Waals surface area contributed by atoms with Crippen LogP contribution in [0.4, 0.5) is 10.2 Å². The molecule has 0 atom stereocenters. The number of fused-ring (bicyclic) bond motifs is 2. The van der Waals surface area contributed by atoms with Crippen LogP contribution in [0.3, 0.4) is 0 Å². The molecule has 7 heteroatoms. The zero-order valence-electron chi connectivity index (χ0n) is 15.2. The number of ether oxygens (including phenoxy) is 1. The average molecular weight is 375 g/mol. The van der Waals surface area contributed by atoms with E-state index in [1.54, 1.807) is 6.07 Å². The van der Waals surface area contributed by atoms with Gasteiger partial charge in [0.1, 0.15) is 28.9 Å². The Morgan fingerprint density at radius 3 is 2.57 bits per heavy atom. The number of nitrogens with two attached hydrogens (primary N) is 1. The number of nitrogen functional groups attached to an aromatic ring is 1. The van der Waals surface area contributed by atoms with Gasteiger partial charge < -0.3 is 10.5 Å². The second-order valence-electron chi connectivity index (χ2n) is 7.02. The number of H-pyrrole nitrogens is 1. The zero-order valence-corrected chi connectivity index (χ0v) is 15.2. The van der Waals surface area contributed by atoms with Gasteiger partial charge in [0.05, 0.1) is 12.5 Å². The van der Waals surface area contributed by atoms with Crippen molar-refractivity contribution < 1.29 is 9.13 Å². The zero-order chi connectivity index (χ0) is 19.3. The molecule has 2 heterocycles. The van der Waals surface area contributed by atoms with Crippen molar-refractivity contribution in [2.24, 2.45) is 0 Å². The molecule has 0 fully saturated rings. The van der Waals surface area contributed by atoms with Crippen molar-refractivity contribution in [3.8, 4) is 17.0 Å². The van der Waals surface area contributed by atoms with E-state index in [1.165, 1.54) is 30.4 Å². The quantitative estimate of drug-likeness (QED) is 0.571. The Balaban J connectivity index is 1.57. The van der Waals surface area contributed by atoms with Gasteiger partial charge in [-0.3, -0.25) is 5.10 Å². The minimum atomic E-state index is -0.412. The third-order valence-electron chi connectivity index (χ3n) is 5.26. The van der Waals surface area contributed by atoms with Gasteiger partial charge in [-0.15, -0.1) is 0 Å². The smallest absolute Gasteiger partial charge is 0.161 e. The summed E-state index contributed by atoms with van der Waals surface area (Å²) in [6.45, 7) is 0. The Hall–Kier alpha value is -3.48. The highest BCUT2D eigenvalue weighted by Gasteiger charge is 2.26. The van der Waals surface area contributed by atoms with Crippen molar-refractivity contribution >= 4 is 16.9 Å². The molecule has 0 bridgehead atoms. The van der Waals surface area contributed by atoms with Gasteiger partial charge in [-0.05, 0) is 36.1 Å². The molecule has 28 heavy (non-hydrogen) atoms. The van der Waals surface area contributed by atoms with E-state index in [-0.39, 0.29) is 5.92 Å². The maximum absolute atomic E-state index is 13.9. The van der Waals surface area contributed by atoms with Crippen LogP contribution in [0.25, 0.3) is 22.3 Å². The molecule has 2 aromatic carbocycles. The highest BCUT2D eigenvalue weighted by atomic mass is 19.1. The molecule has 0 spiro atoms. The molecular formula is C21H18FN5O. The minimum Gasteiger partial charge on any atom is -0.497 e. The summed E-state index contributed by atoms with van der Waals surface area (Å²) in [6.07, 6.45) is 1.78. The van der Waals surface area contributed by atoms with E-state index in [0.29, 0.717) is 39.7 Å². The van der Waals surface area contributed by atoms with Crippen LogP contribution in [0.15, 0.2) is 42.5 Å². The van der Waals surface area contributed by atoms with Crippen molar-refractivity contribution in [3.63, 3.8) is 0 Å². The largest absolute Gasteiger partial charge is 0.497 e. The summed E-state index contributed by atoms with van der Waals surface area (Å²) in [4.78, 5) is 9.25. The van der Waals surface area contributed by atoms with E-state index in [4.69, 9.17) is 10.5 Å². The summed E-state index contributed by atoms with van der Waals surface area (Å²) in [7, 11) is 1.49. The van der Waals surface area contributed by atoms with Crippen LogP contribution in [0.2, 0.25) is 0 Å². The van der Waals surface area contributed by atoms with Crippen LogP contribution in [-0.2, 0) is 12.8 Å². The molecule has 3 N–H and O–H groups in total. The minimum absolute atomic E-state index is 0.185. The summed E-state index contributed by atoms with van der Waals surface area (Å²) >= 11 is 0. The van der Waals surface area contributed by atoms with Crippen LogP contribution in [0, 0.1) is 5.82 Å². The fourth-order valence-corrected chi connectivity index (χ4v) is 3.93. The summed E-state index contributed by atoms with van der Waals surface area (Å²) in [5.41, 5.74) is 10.6. The number of methoxy groups -OCH3 is 1. The van der Waals surface area contributed by atoms with Gasteiger partial charge in [-0.25, -0.2) is 14.4 Å². The fraction of sp³-hybridized carbons (Fsp3) is 0.190. The summed E-state index contributed by atoms with van der Waals surface area (Å²) in [5.74, 6) is 1.22. The summed E-state index contributed by atoms with van der Waals surface area (Å²) in [5, 5.41) is 7.84. The SMILES string of the molecule is COc1cc(F)cc(-c2n[nH]c3nc(C4Cc5ccccc5C4)nc(N)c23)c1. The molecule has 0 saturated carbocycles. The molecule has 6 nitrogen and oxygen atoms in total. The highest BCUT2D eigenvalue weighted by molar-refractivity contribution is 5.98. The molecule has 140 valence electrons. The van der Waals surface area contributed by atoms with E-state index in [0.717, 1.165) is 12.8 Å². The number of aromatic amines is 1. The Morgan fingerprint density at radius 2 is 1.86 bits per heavy atom. The molecule has 0 saturated heterocycles. The normalized spacial score (nSPS) is 13.8. The summed E-state index contributed by atoms with van der Waals surface area (Å²) < 4.78 is 19.1. The van der Waals surface area contributed by atoms with E-state index in [1.807, 2.05) is 12.1 Å². The molecule has 0 aliphatic heterocycles. The average Bonchev–Trinajstić information content (AvgIpc) is 3.31. The standard InChI is InChI=1S/C21H18FN5O/c1-28-16-9-13(8-15(22)10-16)18-17-19(23)24-20(25-21(17)27-26-18)14-6-11-4-2-3-5-12(11)7-14/h2-5,8-10,14H,6-7H2,1H3,(H3,23,24,25,26,27). The number of hydrogen-bond donors (Lipinski definition) is 2. The fourth-order valence-electron chi connectivity index (χ4n) is 3.93. The van der Waals surface area contributed by atoms with E-state index >= 15 is 0 Å². The first-order valence-electron chi connectivity index (χ1n) is 9.05. The van der Waals surface area contributed by atoms with Crippen molar-refractivity contribution in [1.29, 1.82) is 0 Å². The first kappa shape index (κ1) is 16.7. The van der Waals surface area contributed by atoms with Crippen molar-refractivity contribution in [2.75, 3.05) is 12.8 Å². The van der Waals surface area contributed by atoms with Gasteiger partial charge in [0.25, 0.3) is 0 Å². The maximum Gasteiger partial charge on any atom is 0.161 e. The molecule has 5 rings (SSSR count). The van der Waals surface area contributed by atoms with Gasteiger partial charge in [-0.2, -0.15) is 5.10 Å². The van der Waals surface area contributed by atoms with Gasteiger partial charge in [-0.1, -0.05) is 24.3 Å². The predicted octanol–water partition coefficient (Wildman–Crippen LogP) is 3.63. The maximum atomic E-state index is 13.9. The van der Waals surface area contributed by atoms with Crippen molar-refractivity contribution in [1.82, 2.24) is 20.2 Å². The van der Waals surface area contributed by atoms with Gasteiger partial charge in [0, 0.05) is 17.5 Å². The van der Waals surface area contributed by atoms with Crippen molar-refractivity contribution in [2.45, 2.75) is 18.8 Å². The molecule has 0 amide bonds. The number of halogens is 1. The number of rotatable bonds is 3. The molecule has 0 unspecified atom stereocenters. The predicted molar refractivity (Wildman–Crippen MR) is 105 cm³/mol. The second-order valence-corrected chi connectivity index (χ2v) is 7.02. The van der Waals surface area contributed by atoms with Crippen LogP contribution < -0.4 is 10.5 Å². The third kappa shape index (κ3) is 2.67. The molecule has 1 aliphatic rings. The third-order valence-corrected chi connectivity index (χ3v) is 5.26. The monoisotopic (exact) mass is 375 g/mol. The first-order valence-corrected chi connectivity index (χ1v) is 9.05. The number of aromatic nitrogens is 4. The van der Waals surface area contributed by atoms with Crippen LogP contribution in [0.1, 0.15) is 22.9 Å². The highest BCUT2D eigenvalue weighted by Crippen LogP contribution is 2.36. The van der Waals surface area contributed by atoms with Gasteiger partial charge in [0.15, 0.2) is 5.65 Å². The summed E-state index contributed by atoms with van der Waals surface area (Å²) in [6, 6.07) is 12.8. The number of nitrogens with zero attached hydrogens (tertiary/aromatic N) is 3. The number of hydrogen-bond acceptors (Lipinski definition) is 5. The second kappa shape index (κ2) is 6.30. The Bertz CT molecular complexity index is 1180. The number of benzene rings is 2. The number of anilines is 1. The Morgan fingerprint density at radius 1 is 1.11 bits per heavy atom. The number of nitrogens with one attached hydrogen (secondary N) is 1. The Labute approximate surface area is 160 Å². The Kier molecular flexibility index (Phi) is 3.75. The lowest BCUT2D eigenvalue weighted by Gasteiger charge is -2.09. The lowest BCUT2D eigenvalue weighted by atomic mass is 10.0. The molecule has 0 radical (unpaired) electrons. The van der Waals surface area contributed by atoms with Gasteiger partial charge in [0.2, 0.25) is 0 Å². The molecule has 1 aliphatic carbocycles. The molecule has 2 aromatic heterocycles. The molecular weight excluding hydrogens is 357 g/mol. The van der Waals surface area contributed by atoms with Gasteiger partial charge >= 0.3 is 0 Å². The first-order chi connectivity index (χ1) is 13.6. The van der Waals surface area contributed by atoms with Crippen LogP contribution in [0.5, 0.6) is 5.75 Å². The lowest BCUT2D eigenvalue weighted by Crippen LogP contribution is -2.07. The van der Waals surface area contributed by atoms with Crippen LogP contribution >= 0.6 is 0 Å².